The molecule has 0 spiro atoms. The van der Waals surface area contributed by atoms with Crippen LogP contribution < -0.4 is 20.3 Å². The molecule has 1 aliphatic carbocycles. The number of nitrogens with zero attached hydrogens (tertiary/aromatic N) is 3. The average molecular weight is 696 g/mol. The molecule has 1 aromatic heterocycles. The molecule has 4 aromatic rings. The molecule has 0 unspecified atom stereocenters. The minimum Gasteiger partial charge on any atom is -0.493 e. The number of anilines is 2. The summed E-state index contributed by atoms with van der Waals surface area (Å²) in [5, 5.41) is 38.4. The Balaban J connectivity index is 1.05. The van der Waals surface area contributed by atoms with Gasteiger partial charge in [0.1, 0.15) is 5.75 Å². The van der Waals surface area contributed by atoms with Crippen LogP contribution in [0.4, 0.5) is 16.2 Å². The van der Waals surface area contributed by atoms with Gasteiger partial charge in [-0.2, -0.15) is 5.10 Å². The zero-order valence-electron chi connectivity index (χ0n) is 28.9. The summed E-state index contributed by atoms with van der Waals surface area (Å²) in [7, 11) is 0. The van der Waals surface area contributed by atoms with Gasteiger partial charge in [0.25, 0.3) is 0 Å². The fraction of sp³-hybridized carbons (Fsp3) is 0.385. The molecule has 1 fully saturated rings. The second-order valence-electron chi connectivity index (χ2n) is 13.6. The number of nitrogens with one attached hydrogen (secondary N) is 2. The molecule has 0 saturated heterocycles. The molecule has 268 valence electrons. The molecule has 12 nitrogen and oxygen atoms in total. The number of carbonyl (C=O) groups excluding carboxylic acids is 2. The van der Waals surface area contributed by atoms with Gasteiger partial charge < -0.3 is 35.6 Å². The highest BCUT2D eigenvalue weighted by Gasteiger charge is 2.47. The molecule has 12 heteroatoms. The second kappa shape index (κ2) is 15.8. The number of urea groups is 1. The van der Waals surface area contributed by atoms with Gasteiger partial charge in [-0.15, -0.1) is 0 Å². The average Bonchev–Trinajstić information content (AvgIpc) is 3.74. The third-order valence-electron chi connectivity index (χ3n) is 9.66. The number of benzene rings is 3. The van der Waals surface area contributed by atoms with E-state index < -0.39 is 30.6 Å². The van der Waals surface area contributed by atoms with Gasteiger partial charge in [-0.1, -0.05) is 36.4 Å². The number of aryl methyl sites for hydroxylation is 1. The number of aliphatic hydroxyl groups excluding tert-OH is 2. The summed E-state index contributed by atoms with van der Waals surface area (Å²) < 4.78 is 7.85. The van der Waals surface area contributed by atoms with Crippen LogP contribution in [-0.4, -0.2) is 74.9 Å². The predicted octanol–water partition coefficient (Wildman–Crippen LogP) is 5.23. The number of aromatic nitrogens is 2. The molecule has 1 aliphatic heterocycles. The van der Waals surface area contributed by atoms with E-state index in [0.717, 1.165) is 46.7 Å². The monoisotopic (exact) mass is 695 g/mol. The van der Waals surface area contributed by atoms with Crippen molar-refractivity contribution >= 4 is 29.3 Å². The first-order valence-electron chi connectivity index (χ1n) is 17.4. The molecule has 4 atom stereocenters. The Morgan fingerprint density at radius 2 is 1.84 bits per heavy atom. The third-order valence-corrected chi connectivity index (χ3v) is 9.66. The van der Waals surface area contributed by atoms with E-state index in [1.165, 1.54) is 11.1 Å². The summed E-state index contributed by atoms with van der Waals surface area (Å²) in [5.41, 5.74) is 8.05. The number of hydrogen-bond acceptors (Lipinski definition) is 7. The van der Waals surface area contributed by atoms with Crippen molar-refractivity contribution in [3.8, 4) is 16.9 Å². The largest absolute Gasteiger partial charge is 0.493 e. The van der Waals surface area contributed by atoms with Crippen LogP contribution in [0.5, 0.6) is 5.75 Å². The second-order valence-corrected chi connectivity index (χ2v) is 13.6. The molecule has 0 bridgehead atoms. The highest BCUT2D eigenvalue weighted by molar-refractivity contribution is 5.97. The molecule has 2 heterocycles. The van der Waals surface area contributed by atoms with E-state index in [1.54, 1.807) is 6.07 Å². The number of ether oxygens (including phenoxy) is 1. The highest BCUT2D eigenvalue weighted by atomic mass is 16.5. The Morgan fingerprint density at radius 3 is 2.67 bits per heavy atom. The molecule has 5 N–H and O–H groups in total. The quantitative estimate of drug-likeness (QED) is 0.105. The van der Waals surface area contributed by atoms with Gasteiger partial charge in [0.05, 0.1) is 38.0 Å². The molecule has 2 aliphatic rings. The van der Waals surface area contributed by atoms with Gasteiger partial charge in [0.15, 0.2) is 0 Å². The fourth-order valence-electron chi connectivity index (χ4n) is 6.81. The topological polar surface area (TPSA) is 166 Å². The van der Waals surface area contributed by atoms with Crippen LogP contribution >= 0.6 is 0 Å². The molecule has 3 amide bonds. The zero-order valence-corrected chi connectivity index (χ0v) is 28.9. The number of rotatable bonds is 15. The maximum absolute atomic E-state index is 13.5. The van der Waals surface area contributed by atoms with Crippen molar-refractivity contribution in [1.29, 1.82) is 0 Å². The lowest BCUT2D eigenvalue weighted by atomic mass is 9.92. The van der Waals surface area contributed by atoms with Gasteiger partial charge >= 0.3 is 12.0 Å². The van der Waals surface area contributed by atoms with Crippen LogP contribution in [0, 0.1) is 19.8 Å². The van der Waals surface area contributed by atoms with E-state index in [2.05, 4.69) is 47.8 Å². The summed E-state index contributed by atoms with van der Waals surface area (Å²) in [6, 6.07) is 19.0. The molecule has 51 heavy (non-hydrogen) atoms. The minimum atomic E-state index is -1.20. The van der Waals surface area contributed by atoms with Crippen LogP contribution in [0.2, 0.25) is 0 Å². The fourth-order valence-corrected chi connectivity index (χ4v) is 6.81. The molecular weight excluding hydrogens is 650 g/mol. The van der Waals surface area contributed by atoms with E-state index in [0.29, 0.717) is 43.5 Å². The van der Waals surface area contributed by atoms with Crippen molar-refractivity contribution in [2.45, 2.75) is 70.6 Å². The van der Waals surface area contributed by atoms with E-state index in [-0.39, 0.29) is 18.9 Å². The van der Waals surface area contributed by atoms with Crippen molar-refractivity contribution in [3.63, 3.8) is 0 Å². The minimum absolute atomic E-state index is 0.117. The number of amides is 3. The van der Waals surface area contributed by atoms with E-state index in [9.17, 15) is 24.6 Å². The lowest BCUT2D eigenvalue weighted by molar-refractivity contribution is -0.139. The van der Waals surface area contributed by atoms with Crippen LogP contribution in [-0.2, 0) is 16.1 Å². The van der Waals surface area contributed by atoms with E-state index in [1.807, 2.05) is 58.4 Å². The van der Waals surface area contributed by atoms with Crippen molar-refractivity contribution in [2.24, 2.45) is 5.92 Å². The molecular formula is C39H45N5O7. The first-order chi connectivity index (χ1) is 24.5. The van der Waals surface area contributed by atoms with Crippen LogP contribution in [0.25, 0.3) is 11.1 Å². The molecule has 3 aromatic carbocycles. The number of aliphatic carboxylic acids is 1. The summed E-state index contributed by atoms with van der Waals surface area (Å²) in [6.07, 6.45) is 3.05. The van der Waals surface area contributed by atoms with Crippen LogP contribution in [0.15, 0.2) is 73.1 Å². The summed E-state index contributed by atoms with van der Waals surface area (Å²) in [4.78, 5) is 38.6. The number of carbonyl (C=O) groups is 3. The van der Waals surface area contributed by atoms with Gasteiger partial charge in [-0.3, -0.25) is 14.3 Å². The summed E-state index contributed by atoms with van der Waals surface area (Å²) in [5.74, 6) is 0.716. The number of aliphatic hydroxyl groups is 2. The first-order valence-corrected chi connectivity index (χ1v) is 17.4. The van der Waals surface area contributed by atoms with Gasteiger partial charge in [-0.25, -0.2) is 4.79 Å². The zero-order chi connectivity index (χ0) is 36.1. The normalized spacial score (nSPS) is 17.1. The SMILES string of the molecule is Cc1cccc(OCCCC(=O)N2C[C@@H]3C[C@@H]3c3c(-c4cnn(Cc5cccc(NC(=O)NC[C@@H](O)C[C@@H](O)CC(=O)O)c5)c4)cccc32)c1C. The Kier molecular flexibility index (Phi) is 11.0. The molecule has 0 radical (unpaired) electrons. The van der Waals surface area contributed by atoms with Crippen molar-refractivity contribution in [1.82, 2.24) is 15.1 Å². The number of hydrogen-bond donors (Lipinski definition) is 5. The van der Waals surface area contributed by atoms with E-state index >= 15 is 0 Å². The van der Waals surface area contributed by atoms with E-state index in [4.69, 9.17) is 9.84 Å². The van der Waals surface area contributed by atoms with Gasteiger partial charge in [-0.05, 0) is 90.6 Å². The third kappa shape index (κ3) is 8.94. The Labute approximate surface area is 297 Å². The predicted molar refractivity (Wildman–Crippen MR) is 193 cm³/mol. The Morgan fingerprint density at radius 1 is 1.04 bits per heavy atom. The van der Waals surface area contributed by atoms with Crippen molar-refractivity contribution in [2.75, 3.05) is 29.9 Å². The number of carboxylic acid groups (broad SMARTS) is 1. The van der Waals surface area contributed by atoms with Gasteiger partial charge in [0, 0.05) is 49.1 Å². The van der Waals surface area contributed by atoms with Gasteiger partial charge in [0.2, 0.25) is 5.91 Å². The Bertz CT molecular complexity index is 1890. The smallest absolute Gasteiger partial charge is 0.319 e. The van der Waals surface area contributed by atoms with Crippen LogP contribution in [0.1, 0.15) is 60.3 Å². The summed E-state index contributed by atoms with van der Waals surface area (Å²) >= 11 is 0. The van der Waals surface area contributed by atoms with Crippen molar-refractivity contribution < 1.29 is 34.4 Å². The maximum Gasteiger partial charge on any atom is 0.319 e. The summed E-state index contributed by atoms with van der Waals surface area (Å²) in [6.45, 7) is 5.67. The molecule has 1 saturated carbocycles. The lowest BCUT2D eigenvalue weighted by Gasteiger charge is -2.30. The number of carboxylic acids is 1. The van der Waals surface area contributed by atoms with Crippen molar-refractivity contribution in [3.05, 3.63) is 95.3 Å². The van der Waals surface area contributed by atoms with Crippen LogP contribution in [0.3, 0.4) is 0 Å². The standard InChI is InChI=1S/C39H45N5O7/c1-24-7-3-12-35(25(24)2)51-14-6-13-36(47)44-23-27-16-33(27)38-32(10-5-11-34(38)44)28-19-41-43(22-28)21-26-8-4-9-29(15-26)42-39(50)40-20-31(46)17-30(45)18-37(48)49/h3-5,7-12,15,19,22,27,30-31,33,45-46H,6,13-14,16-18,20-21,23H2,1-2H3,(H,48,49)(H2,40,42,50)/t27-,30+,31-,33-/m0/s1. The maximum atomic E-state index is 13.5. The lowest BCUT2D eigenvalue weighted by Crippen LogP contribution is -2.37. The first kappa shape index (κ1) is 35.6. The molecule has 6 rings (SSSR count). The number of fused-ring (bicyclic) bond motifs is 3. The highest BCUT2D eigenvalue weighted by Crippen LogP contribution is 2.57. The Hall–Kier alpha value is -5.20.